The van der Waals surface area contributed by atoms with Crippen LogP contribution in [0.2, 0.25) is 5.02 Å². The van der Waals surface area contributed by atoms with Gasteiger partial charge in [0, 0.05) is 46.0 Å². The lowest BCUT2D eigenvalue weighted by Crippen LogP contribution is -2.39. The Kier molecular flexibility index (Phi) is 9.53. The molecule has 3 aromatic rings. The normalized spacial score (nSPS) is 16.2. The van der Waals surface area contributed by atoms with Crippen LogP contribution in [0.3, 0.4) is 0 Å². The number of hydrogen-bond acceptors (Lipinski definition) is 5. The first-order valence-electron chi connectivity index (χ1n) is 15.1. The Hall–Kier alpha value is -3.09. The number of anilines is 1. The van der Waals surface area contributed by atoms with Crippen molar-refractivity contribution in [2.24, 2.45) is 5.41 Å². The second kappa shape index (κ2) is 12.5. The molecule has 1 saturated heterocycles. The molecule has 1 atom stereocenters. The first kappa shape index (κ1) is 32.8. The topological polar surface area (TPSA) is 71.9 Å². The highest BCUT2D eigenvalue weighted by molar-refractivity contribution is 6.30. The van der Waals surface area contributed by atoms with Gasteiger partial charge in [-0.15, -0.1) is 0 Å². The third-order valence-electron chi connectivity index (χ3n) is 8.34. The fourth-order valence-corrected chi connectivity index (χ4v) is 5.85. The van der Waals surface area contributed by atoms with E-state index < -0.39 is 17.7 Å². The highest BCUT2D eigenvalue weighted by atomic mass is 35.5. The van der Waals surface area contributed by atoms with E-state index in [0.717, 1.165) is 59.8 Å². The van der Waals surface area contributed by atoms with Gasteiger partial charge in [0.2, 0.25) is 0 Å². The van der Waals surface area contributed by atoms with Crippen LogP contribution in [-0.4, -0.2) is 41.4 Å². The van der Waals surface area contributed by atoms with Crippen LogP contribution in [0.1, 0.15) is 89.9 Å². The lowest BCUT2D eigenvalue weighted by molar-refractivity contribution is -0.160. The molecule has 0 amide bonds. The zero-order chi connectivity index (χ0) is 31.7. The van der Waals surface area contributed by atoms with Gasteiger partial charge in [-0.25, -0.2) is 4.79 Å². The summed E-state index contributed by atoms with van der Waals surface area (Å²) in [6.45, 7) is 20.6. The zero-order valence-electron chi connectivity index (χ0n) is 27.2. The fourth-order valence-electron chi connectivity index (χ4n) is 5.72. The quantitative estimate of drug-likeness (QED) is 0.262. The maximum atomic E-state index is 12.7. The molecule has 0 radical (unpaired) electrons. The number of carbonyl (C=O) groups is 1. The molecule has 1 N–H and O–H groups in total. The number of aryl methyl sites for hydroxylation is 2. The minimum atomic E-state index is -1.14. The van der Waals surface area contributed by atoms with E-state index in [0.29, 0.717) is 22.9 Å². The highest BCUT2D eigenvalue weighted by Crippen LogP contribution is 2.45. The first-order chi connectivity index (χ1) is 20.0. The first-order valence-corrected chi connectivity index (χ1v) is 15.5. The van der Waals surface area contributed by atoms with Crippen molar-refractivity contribution in [3.63, 3.8) is 0 Å². The number of benzene rings is 2. The number of hydrogen-bond donors (Lipinski definition) is 1. The lowest BCUT2D eigenvalue weighted by atomic mass is 9.82. The summed E-state index contributed by atoms with van der Waals surface area (Å²) < 4.78 is 12.5. The van der Waals surface area contributed by atoms with Crippen molar-refractivity contribution in [1.29, 1.82) is 0 Å². The van der Waals surface area contributed by atoms with E-state index in [2.05, 4.69) is 32.6 Å². The Balaban J connectivity index is 1.74. The number of carboxylic acids is 1. The molecule has 0 bridgehead atoms. The van der Waals surface area contributed by atoms with Crippen LogP contribution in [0.4, 0.5) is 5.69 Å². The average Bonchev–Trinajstić information content (AvgIpc) is 2.91. The SMILES string of the molecule is Cc1nc(C)c(C(OC(C)(C)C)C(=O)O)c(N2CCC(C)(C)CC2)c1-c1ccc(OCC(C)(C)c2ccc(Cl)cc2)cc1. The summed E-state index contributed by atoms with van der Waals surface area (Å²) in [5.41, 5.74) is 5.53. The van der Waals surface area contributed by atoms with Gasteiger partial charge >= 0.3 is 5.97 Å². The van der Waals surface area contributed by atoms with E-state index in [1.54, 1.807) is 0 Å². The van der Waals surface area contributed by atoms with Crippen LogP contribution in [0.15, 0.2) is 48.5 Å². The summed E-state index contributed by atoms with van der Waals surface area (Å²) in [6.07, 6.45) is 0.884. The van der Waals surface area contributed by atoms with Crippen LogP contribution in [-0.2, 0) is 14.9 Å². The third kappa shape index (κ3) is 7.90. The Labute approximate surface area is 262 Å². The maximum absolute atomic E-state index is 12.7. The molecule has 1 fully saturated rings. The summed E-state index contributed by atoms with van der Waals surface area (Å²) in [7, 11) is 0. The molecule has 1 aliphatic rings. The maximum Gasteiger partial charge on any atom is 0.337 e. The van der Waals surface area contributed by atoms with E-state index in [1.165, 1.54) is 0 Å². The van der Waals surface area contributed by atoms with Crippen LogP contribution in [0.5, 0.6) is 5.75 Å². The predicted molar refractivity (Wildman–Crippen MR) is 176 cm³/mol. The molecule has 2 heterocycles. The van der Waals surface area contributed by atoms with Gasteiger partial charge in [0.25, 0.3) is 0 Å². The molecule has 7 heteroatoms. The molecule has 0 aliphatic carbocycles. The van der Waals surface area contributed by atoms with E-state index in [1.807, 2.05) is 83.1 Å². The number of aromatic nitrogens is 1. The molecule has 43 heavy (non-hydrogen) atoms. The molecule has 1 unspecified atom stereocenters. The zero-order valence-corrected chi connectivity index (χ0v) is 27.9. The van der Waals surface area contributed by atoms with Gasteiger partial charge in [-0.2, -0.15) is 0 Å². The van der Waals surface area contributed by atoms with Gasteiger partial charge in [-0.3, -0.25) is 4.98 Å². The molecular formula is C36H47ClN2O4. The molecule has 0 saturated carbocycles. The second-order valence-electron chi connectivity index (χ2n) is 14.2. The molecule has 0 spiro atoms. The van der Waals surface area contributed by atoms with Crippen LogP contribution < -0.4 is 9.64 Å². The molecule has 6 nitrogen and oxygen atoms in total. The summed E-state index contributed by atoms with van der Waals surface area (Å²) in [6, 6.07) is 15.9. The Morgan fingerprint density at radius 1 is 0.977 bits per heavy atom. The van der Waals surface area contributed by atoms with E-state index in [4.69, 9.17) is 26.1 Å². The van der Waals surface area contributed by atoms with Crippen LogP contribution >= 0.6 is 11.6 Å². The lowest BCUT2D eigenvalue weighted by Gasteiger charge is -2.41. The molecule has 2 aromatic carbocycles. The fraction of sp³-hybridized carbons (Fsp3) is 0.500. The van der Waals surface area contributed by atoms with Crippen molar-refractivity contribution < 1.29 is 19.4 Å². The monoisotopic (exact) mass is 606 g/mol. The third-order valence-corrected chi connectivity index (χ3v) is 8.59. The van der Waals surface area contributed by atoms with Gasteiger partial charge in [0.15, 0.2) is 6.10 Å². The van der Waals surface area contributed by atoms with E-state index in [-0.39, 0.29) is 10.8 Å². The predicted octanol–water partition coefficient (Wildman–Crippen LogP) is 8.94. The van der Waals surface area contributed by atoms with Gasteiger partial charge in [-0.1, -0.05) is 63.6 Å². The van der Waals surface area contributed by atoms with Crippen LogP contribution in [0.25, 0.3) is 11.1 Å². The molecule has 1 aromatic heterocycles. The number of carboxylic acid groups (broad SMARTS) is 1. The number of pyridine rings is 1. The smallest absolute Gasteiger partial charge is 0.337 e. The minimum Gasteiger partial charge on any atom is -0.493 e. The van der Waals surface area contributed by atoms with Crippen molar-refractivity contribution in [3.8, 4) is 16.9 Å². The van der Waals surface area contributed by atoms with E-state index in [9.17, 15) is 9.90 Å². The summed E-state index contributed by atoms with van der Waals surface area (Å²) in [4.78, 5) is 20.0. The van der Waals surface area contributed by atoms with E-state index >= 15 is 0 Å². The van der Waals surface area contributed by atoms with Crippen molar-refractivity contribution in [3.05, 3.63) is 76.1 Å². The highest BCUT2D eigenvalue weighted by Gasteiger charge is 2.36. The van der Waals surface area contributed by atoms with Gasteiger partial charge in [-0.05, 0) is 88.3 Å². The largest absolute Gasteiger partial charge is 0.493 e. The molecule has 4 rings (SSSR count). The van der Waals surface area contributed by atoms with Gasteiger partial charge in [0.05, 0.1) is 17.9 Å². The number of ether oxygens (including phenoxy) is 2. The summed E-state index contributed by atoms with van der Waals surface area (Å²) >= 11 is 6.09. The summed E-state index contributed by atoms with van der Waals surface area (Å²) in [5, 5.41) is 11.1. The number of halogens is 1. The van der Waals surface area contributed by atoms with Gasteiger partial charge in [0.1, 0.15) is 5.75 Å². The number of aliphatic carboxylic acids is 1. The Morgan fingerprint density at radius 2 is 1.56 bits per heavy atom. The molecule has 232 valence electrons. The average molecular weight is 607 g/mol. The molecular weight excluding hydrogens is 560 g/mol. The molecule has 1 aliphatic heterocycles. The van der Waals surface area contributed by atoms with Crippen LogP contribution in [0, 0.1) is 19.3 Å². The van der Waals surface area contributed by atoms with Crippen molar-refractivity contribution in [1.82, 2.24) is 4.98 Å². The Bertz CT molecular complexity index is 1430. The second-order valence-corrected chi connectivity index (χ2v) is 14.7. The standard InChI is InChI=1S/C36H47ClN2O4/c1-23-29(25-10-16-28(17-11-25)42-22-36(8,9)26-12-14-27(37)15-13-26)31(39-20-18-35(6,7)19-21-39)30(24(2)38-23)32(33(40)41)43-34(3,4)5/h10-17,32H,18-22H2,1-9H3,(H,40,41). The minimum absolute atomic E-state index is 0.205. The number of nitrogens with zero attached hydrogens (tertiary/aromatic N) is 2. The van der Waals surface area contributed by atoms with Crippen molar-refractivity contribution in [2.45, 2.75) is 92.3 Å². The van der Waals surface area contributed by atoms with Crippen molar-refractivity contribution in [2.75, 3.05) is 24.6 Å². The van der Waals surface area contributed by atoms with Gasteiger partial charge < -0.3 is 19.5 Å². The Morgan fingerprint density at radius 3 is 2.09 bits per heavy atom. The summed E-state index contributed by atoms with van der Waals surface area (Å²) in [5.74, 6) is -0.246. The number of piperidine rings is 1. The van der Waals surface area contributed by atoms with Crippen molar-refractivity contribution >= 4 is 23.3 Å². The number of rotatable bonds is 9.